The number of nitrogens with zero attached hydrogens (tertiary/aromatic N) is 3. The second-order valence-electron chi connectivity index (χ2n) is 6.23. The Kier molecular flexibility index (Phi) is 5.73. The molecule has 0 radical (unpaired) electrons. The Bertz CT molecular complexity index is 787. The van der Waals surface area contributed by atoms with Crippen LogP contribution in [0.3, 0.4) is 0 Å². The van der Waals surface area contributed by atoms with Crippen LogP contribution in [0.25, 0.3) is 0 Å². The molecule has 2 aromatic carbocycles. The molecule has 1 heterocycles. The highest BCUT2D eigenvalue weighted by Gasteiger charge is 2.21. The molecule has 26 heavy (non-hydrogen) atoms. The maximum atomic E-state index is 12.4. The number of hydrogen-bond donors (Lipinski definition) is 0. The smallest absolute Gasteiger partial charge is 0.269 e. The lowest BCUT2D eigenvalue weighted by molar-refractivity contribution is -0.384. The van der Waals surface area contributed by atoms with E-state index in [4.69, 9.17) is 11.6 Å². The van der Waals surface area contributed by atoms with Crippen molar-refractivity contribution in [1.29, 1.82) is 0 Å². The molecule has 6 nitrogen and oxygen atoms in total. The molecule has 0 aliphatic carbocycles. The van der Waals surface area contributed by atoms with Crippen molar-refractivity contribution in [2.45, 2.75) is 12.8 Å². The number of amides is 1. The Labute approximate surface area is 157 Å². The lowest BCUT2D eigenvalue weighted by Gasteiger charge is -2.36. The second-order valence-corrected chi connectivity index (χ2v) is 6.64. The summed E-state index contributed by atoms with van der Waals surface area (Å²) in [5.41, 5.74) is 2.02. The van der Waals surface area contributed by atoms with Crippen LogP contribution in [0, 0.1) is 10.1 Å². The molecule has 1 amide bonds. The number of piperazine rings is 1. The van der Waals surface area contributed by atoms with E-state index >= 15 is 0 Å². The van der Waals surface area contributed by atoms with Crippen LogP contribution in [0.5, 0.6) is 0 Å². The minimum Gasteiger partial charge on any atom is -0.368 e. The predicted molar refractivity (Wildman–Crippen MR) is 102 cm³/mol. The predicted octanol–water partition coefficient (Wildman–Crippen LogP) is 3.53. The third kappa shape index (κ3) is 4.32. The van der Waals surface area contributed by atoms with Crippen LogP contribution in [-0.2, 0) is 11.2 Å². The summed E-state index contributed by atoms with van der Waals surface area (Å²) >= 11 is 6.14. The molecule has 0 saturated carbocycles. The van der Waals surface area contributed by atoms with E-state index in [0.29, 0.717) is 31.0 Å². The fraction of sp³-hybridized carbons (Fsp3) is 0.316. The number of nitro groups is 1. The van der Waals surface area contributed by atoms with Gasteiger partial charge in [-0.2, -0.15) is 0 Å². The molecule has 1 aliphatic heterocycles. The molecule has 0 bridgehead atoms. The minimum atomic E-state index is -0.403. The van der Waals surface area contributed by atoms with Crippen molar-refractivity contribution < 1.29 is 9.72 Å². The first-order valence-electron chi connectivity index (χ1n) is 8.55. The molecule has 3 rings (SSSR count). The Morgan fingerprint density at radius 1 is 1.04 bits per heavy atom. The zero-order valence-electron chi connectivity index (χ0n) is 14.3. The van der Waals surface area contributed by atoms with Crippen LogP contribution in [0.1, 0.15) is 12.0 Å². The summed E-state index contributed by atoms with van der Waals surface area (Å²) in [6.45, 7) is 2.74. The van der Waals surface area contributed by atoms with Crippen LogP contribution >= 0.6 is 11.6 Å². The van der Waals surface area contributed by atoms with Gasteiger partial charge in [-0.15, -0.1) is 0 Å². The number of benzene rings is 2. The van der Waals surface area contributed by atoms with Crippen LogP contribution in [0.2, 0.25) is 5.02 Å². The van der Waals surface area contributed by atoms with Crippen molar-refractivity contribution in [2.75, 3.05) is 31.1 Å². The van der Waals surface area contributed by atoms with Gasteiger partial charge in [0.25, 0.3) is 5.69 Å². The Balaban J connectivity index is 1.50. The summed E-state index contributed by atoms with van der Waals surface area (Å²) < 4.78 is 0. The first kappa shape index (κ1) is 18.2. The molecule has 2 aromatic rings. The first-order valence-corrected chi connectivity index (χ1v) is 8.93. The number of halogens is 1. The van der Waals surface area contributed by atoms with Gasteiger partial charge in [-0.25, -0.2) is 0 Å². The van der Waals surface area contributed by atoms with Gasteiger partial charge in [0, 0.05) is 55.4 Å². The highest BCUT2D eigenvalue weighted by atomic mass is 35.5. The topological polar surface area (TPSA) is 66.7 Å². The van der Waals surface area contributed by atoms with Crippen molar-refractivity contribution in [3.05, 3.63) is 69.2 Å². The van der Waals surface area contributed by atoms with E-state index in [1.54, 1.807) is 12.1 Å². The molecule has 1 saturated heterocycles. The number of anilines is 1. The fourth-order valence-electron chi connectivity index (χ4n) is 3.10. The molecule has 0 aromatic heterocycles. The summed E-state index contributed by atoms with van der Waals surface area (Å²) in [5.74, 6) is 0.133. The summed E-state index contributed by atoms with van der Waals surface area (Å²) in [5, 5.41) is 11.4. The molecule has 0 atom stereocenters. The Hall–Kier alpha value is -2.60. The molecule has 0 spiro atoms. The highest BCUT2D eigenvalue weighted by Crippen LogP contribution is 2.21. The second kappa shape index (κ2) is 8.19. The summed E-state index contributed by atoms with van der Waals surface area (Å²) in [4.78, 5) is 26.8. The minimum absolute atomic E-state index is 0.0853. The fourth-order valence-corrected chi connectivity index (χ4v) is 3.33. The molecule has 0 unspecified atom stereocenters. The van der Waals surface area contributed by atoms with Gasteiger partial charge in [-0.1, -0.05) is 29.8 Å². The van der Waals surface area contributed by atoms with Gasteiger partial charge < -0.3 is 9.80 Å². The van der Waals surface area contributed by atoms with Crippen molar-refractivity contribution in [3.8, 4) is 0 Å². The molecular formula is C19H20ClN3O3. The quantitative estimate of drug-likeness (QED) is 0.594. The zero-order valence-corrected chi connectivity index (χ0v) is 15.1. The van der Waals surface area contributed by atoms with Crippen LogP contribution < -0.4 is 4.90 Å². The molecule has 1 fully saturated rings. The lowest BCUT2D eigenvalue weighted by atomic mass is 10.1. The number of aryl methyl sites for hydroxylation is 1. The molecule has 136 valence electrons. The van der Waals surface area contributed by atoms with Crippen molar-refractivity contribution >= 4 is 28.9 Å². The third-order valence-corrected chi connectivity index (χ3v) is 4.99. The van der Waals surface area contributed by atoms with Gasteiger partial charge in [-0.3, -0.25) is 14.9 Å². The summed E-state index contributed by atoms with van der Waals surface area (Å²) in [6.07, 6.45) is 1.09. The third-order valence-electron chi connectivity index (χ3n) is 4.62. The normalized spacial score (nSPS) is 14.3. The van der Waals surface area contributed by atoms with Gasteiger partial charge >= 0.3 is 0 Å². The standard InChI is InChI=1S/C19H20ClN3O3/c20-18-4-2-1-3-15(18)5-10-19(24)22-13-11-21(12-14-22)16-6-8-17(9-7-16)23(25)26/h1-4,6-9H,5,10-14H2. The lowest BCUT2D eigenvalue weighted by Crippen LogP contribution is -2.48. The number of rotatable bonds is 5. The first-order chi connectivity index (χ1) is 12.5. The summed E-state index contributed by atoms with van der Waals surface area (Å²) in [7, 11) is 0. The van der Waals surface area contributed by atoms with E-state index in [1.165, 1.54) is 12.1 Å². The Morgan fingerprint density at radius 3 is 2.31 bits per heavy atom. The van der Waals surface area contributed by atoms with Crippen molar-refractivity contribution in [3.63, 3.8) is 0 Å². The average Bonchev–Trinajstić information content (AvgIpc) is 2.67. The molecule has 7 heteroatoms. The van der Waals surface area contributed by atoms with E-state index in [9.17, 15) is 14.9 Å². The van der Waals surface area contributed by atoms with E-state index in [-0.39, 0.29) is 11.6 Å². The highest BCUT2D eigenvalue weighted by molar-refractivity contribution is 6.31. The summed E-state index contributed by atoms with van der Waals surface area (Å²) in [6, 6.07) is 14.1. The van der Waals surface area contributed by atoms with Gasteiger partial charge in [0.2, 0.25) is 5.91 Å². The molecule has 0 N–H and O–H groups in total. The molecule has 1 aliphatic rings. The number of hydrogen-bond acceptors (Lipinski definition) is 4. The van der Waals surface area contributed by atoms with Crippen LogP contribution in [-0.4, -0.2) is 41.9 Å². The number of non-ortho nitro benzene ring substituents is 1. The SMILES string of the molecule is O=C(CCc1ccccc1Cl)N1CCN(c2ccc([N+](=O)[O-])cc2)CC1. The number of nitro benzene ring substituents is 1. The monoisotopic (exact) mass is 373 g/mol. The van der Waals surface area contributed by atoms with Crippen LogP contribution in [0.4, 0.5) is 11.4 Å². The maximum Gasteiger partial charge on any atom is 0.269 e. The van der Waals surface area contributed by atoms with Crippen molar-refractivity contribution in [1.82, 2.24) is 4.90 Å². The van der Waals surface area contributed by atoms with Gasteiger partial charge in [0.1, 0.15) is 0 Å². The van der Waals surface area contributed by atoms with Crippen LogP contribution in [0.15, 0.2) is 48.5 Å². The van der Waals surface area contributed by atoms with E-state index < -0.39 is 4.92 Å². The van der Waals surface area contributed by atoms with E-state index in [0.717, 1.165) is 24.3 Å². The molecular weight excluding hydrogens is 354 g/mol. The maximum absolute atomic E-state index is 12.4. The van der Waals surface area contributed by atoms with E-state index in [2.05, 4.69) is 4.90 Å². The van der Waals surface area contributed by atoms with Gasteiger partial charge in [-0.05, 0) is 30.2 Å². The average molecular weight is 374 g/mol. The zero-order chi connectivity index (χ0) is 18.5. The number of carbonyl (C=O) groups is 1. The largest absolute Gasteiger partial charge is 0.368 e. The van der Waals surface area contributed by atoms with Gasteiger partial charge in [0.05, 0.1) is 4.92 Å². The van der Waals surface area contributed by atoms with Gasteiger partial charge in [0.15, 0.2) is 0 Å². The Morgan fingerprint density at radius 2 is 1.69 bits per heavy atom. The van der Waals surface area contributed by atoms with E-state index in [1.807, 2.05) is 29.2 Å². The number of carbonyl (C=O) groups excluding carboxylic acids is 1. The van der Waals surface area contributed by atoms with Crippen molar-refractivity contribution in [2.24, 2.45) is 0 Å².